The molecule has 0 amide bonds. The van der Waals surface area contributed by atoms with Crippen LogP contribution in [0.4, 0.5) is 0 Å². The predicted octanol–water partition coefficient (Wildman–Crippen LogP) is 14.3. The number of allylic oxidation sites excluding steroid dienone is 4. The number of hydrogen-bond donors (Lipinski definition) is 0. The first kappa shape index (κ1) is 41.8. The van der Waals surface area contributed by atoms with E-state index >= 15 is 0 Å². The van der Waals surface area contributed by atoms with Crippen LogP contribution in [0.15, 0.2) is 124 Å². The quantitative estimate of drug-likeness (QED) is 0.150. The van der Waals surface area contributed by atoms with E-state index in [1.54, 1.807) is 0 Å². The van der Waals surface area contributed by atoms with Crippen molar-refractivity contribution in [1.82, 2.24) is 0 Å². The molecule has 0 aliphatic heterocycles. The van der Waals surface area contributed by atoms with Crippen LogP contribution in [0.1, 0.15) is 79.1 Å². The summed E-state index contributed by atoms with van der Waals surface area (Å²) in [6, 6.07) is 38.9. The molecule has 2 aliphatic carbocycles. The molecule has 59 heavy (non-hydrogen) atoms. The molecule has 0 radical (unpaired) electrons. The molecule has 300 valence electrons. The number of halogens is 2. The van der Waals surface area contributed by atoms with Crippen molar-refractivity contribution >= 4 is 37.2 Å². The Morgan fingerprint density at radius 1 is 0.627 bits per heavy atom. The Bertz CT molecular complexity index is 2760. The molecule has 0 heterocycles. The van der Waals surface area contributed by atoms with E-state index in [4.69, 9.17) is 27.4 Å². The second-order valence-electron chi connectivity index (χ2n) is 19.3. The van der Waals surface area contributed by atoms with Crippen LogP contribution in [0.2, 0.25) is 10.0 Å². The Balaban J connectivity index is 1.59. The number of aryl methyl sites for hydroxylation is 6. The summed E-state index contributed by atoms with van der Waals surface area (Å²) in [7, 11) is 0. The minimum absolute atomic E-state index is 0.0596. The van der Waals surface area contributed by atoms with Crippen molar-refractivity contribution in [1.29, 1.82) is 0 Å². The van der Waals surface area contributed by atoms with Gasteiger partial charge in [-0.05, 0) is 0 Å². The van der Waals surface area contributed by atoms with Crippen LogP contribution in [0.5, 0.6) is 0 Å². The van der Waals surface area contributed by atoms with Gasteiger partial charge in [0.25, 0.3) is 0 Å². The van der Waals surface area contributed by atoms with Crippen molar-refractivity contribution in [3.8, 4) is 33.4 Å². The Morgan fingerprint density at radius 3 is 1.64 bits per heavy atom. The Kier molecular flexibility index (Phi) is 10.6. The van der Waals surface area contributed by atoms with Crippen LogP contribution >= 0.6 is 23.2 Å². The molecule has 2 aliphatic rings. The van der Waals surface area contributed by atoms with Crippen LogP contribution in [0.3, 0.4) is 0 Å². The summed E-state index contributed by atoms with van der Waals surface area (Å²) in [6.07, 6.45) is 5.98. The summed E-state index contributed by atoms with van der Waals surface area (Å²) < 4.78 is 11.4. The van der Waals surface area contributed by atoms with E-state index in [9.17, 15) is 0 Å². The second-order valence-corrected chi connectivity index (χ2v) is 32.9. The molecule has 0 saturated carbocycles. The van der Waals surface area contributed by atoms with E-state index in [0.717, 1.165) is 16.5 Å². The number of rotatable bonds is 7. The van der Waals surface area contributed by atoms with Gasteiger partial charge in [0.05, 0.1) is 0 Å². The van der Waals surface area contributed by atoms with Crippen molar-refractivity contribution in [2.24, 2.45) is 17.3 Å². The first-order chi connectivity index (χ1) is 27.8. The molecule has 1 unspecified atom stereocenters. The van der Waals surface area contributed by atoms with Gasteiger partial charge in [-0.1, -0.05) is 0 Å². The SMILES string of the molecule is [CH2]=[Zr]([C]1=CC(C(C)(C)C)=CC1C(C)C)([c]1cccc(Cl)c1)([c]1cccc(Cl)c1)[c]1c(-c2c(C)cc(C)cc2C)ccc2c1Cc1cc(-c3c(C)cc(C)cc3C)ccc1-2. The summed E-state index contributed by atoms with van der Waals surface area (Å²) >= 11 is 8.84. The van der Waals surface area contributed by atoms with E-state index in [-0.39, 0.29) is 11.3 Å². The van der Waals surface area contributed by atoms with Crippen LogP contribution in [-0.2, 0) is 24.7 Å². The summed E-state index contributed by atoms with van der Waals surface area (Å²) in [4.78, 5) is 0. The third-order valence-electron chi connectivity index (χ3n) is 13.7. The first-order valence-corrected chi connectivity index (χ1v) is 28.7. The van der Waals surface area contributed by atoms with Gasteiger partial charge in [0.1, 0.15) is 0 Å². The van der Waals surface area contributed by atoms with Crippen LogP contribution in [0, 0.1) is 58.8 Å². The maximum absolute atomic E-state index is 7.20. The molecule has 3 heteroatoms. The minimum atomic E-state index is -5.55. The molecule has 0 saturated heterocycles. The van der Waals surface area contributed by atoms with Gasteiger partial charge in [-0.3, -0.25) is 0 Å². The van der Waals surface area contributed by atoms with Crippen LogP contribution < -0.4 is 9.81 Å². The van der Waals surface area contributed by atoms with E-state index in [1.807, 2.05) is 12.1 Å². The van der Waals surface area contributed by atoms with Gasteiger partial charge in [0.2, 0.25) is 0 Å². The summed E-state index contributed by atoms with van der Waals surface area (Å²) in [5.41, 5.74) is 19.6. The topological polar surface area (TPSA) is 0 Å². The summed E-state index contributed by atoms with van der Waals surface area (Å²) in [6.45, 7) is 25.3. The van der Waals surface area contributed by atoms with Crippen LogP contribution in [-0.4, -0.2) is 4.21 Å². The van der Waals surface area contributed by atoms with Gasteiger partial charge in [-0.15, -0.1) is 0 Å². The molecule has 0 aromatic heterocycles. The van der Waals surface area contributed by atoms with Gasteiger partial charge in [0, 0.05) is 0 Å². The number of fused-ring (bicyclic) bond motifs is 3. The normalized spacial score (nSPS) is 15.3. The fourth-order valence-corrected chi connectivity index (χ4v) is 29.4. The van der Waals surface area contributed by atoms with E-state index < -0.39 is 18.3 Å². The van der Waals surface area contributed by atoms with E-state index in [0.29, 0.717) is 5.92 Å². The molecule has 0 spiro atoms. The third-order valence-corrected chi connectivity index (χ3v) is 30.4. The Hall–Kier alpha value is -3.87. The Labute approximate surface area is 364 Å². The zero-order valence-corrected chi connectivity index (χ0v) is 40.8. The van der Waals surface area contributed by atoms with Crippen LogP contribution in [0.25, 0.3) is 33.4 Å². The van der Waals surface area contributed by atoms with Crippen molar-refractivity contribution in [2.45, 2.75) is 82.6 Å². The monoisotopic (exact) mass is 890 g/mol. The molecular formula is C56H58Cl2Zr. The molecule has 1 atom stereocenters. The van der Waals surface area contributed by atoms with Crippen molar-refractivity contribution in [2.75, 3.05) is 0 Å². The zero-order chi connectivity index (χ0) is 42.4. The number of hydrogen-bond acceptors (Lipinski definition) is 0. The average molecular weight is 893 g/mol. The predicted molar refractivity (Wildman–Crippen MR) is 257 cm³/mol. The Morgan fingerprint density at radius 2 is 1.14 bits per heavy atom. The zero-order valence-electron chi connectivity index (χ0n) is 36.8. The molecule has 6 aromatic carbocycles. The van der Waals surface area contributed by atoms with Gasteiger partial charge < -0.3 is 0 Å². The van der Waals surface area contributed by atoms with Gasteiger partial charge >= 0.3 is 367 Å². The first-order valence-electron chi connectivity index (χ1n) is 21.3. The fraction of sp³-hybridized carbons (Fsp3) is 0.268. The molecule has 0 N–H and O–H groups in total. The molecule has 0 fully saturated rings. The molecular weight excluding hydrogens is 835 g/mol. The molecule has 0 bridgehead atoms. The van der Waals surface area contributed by atoms with Gasteiger partial charge in [-0.2, -0.15) is 0 Å². The molecule has 8 rings (SSSR count). The fourth-order valence-electron chi connectivity index (χ4n) is 11.2. The van der Waals surface area contributed by atoms with Gasteiger partial charge in [-0.25, -0.2) is 0 Å². The van der Waals surface area contributed by atoms with E-state index in [2.05, 4.69) is 179 Å². The van der Waals surface area contributed by atoms with Crippen molar-refractivity contribution in [3.63, 3.8) is 0 Å². The van der Waals surface area contributed by atoms with E-state index in [1.165, 1.54) is 96.6 Å². The van der Waals surface area contributed by atoms with Gasteiger partial charge in [0.15, 0.2) is 0 Å². The maximum atomic E-state index is 7.20. The van der Waals surface area contributed by atoms with Crippen molar-refractivity contribution in [3.05, 3.63) is 179 Å². The summed E-state index contributed by atoms with van der Waals surface area (Å²) in [5, 5.41) is 1.46. The second kappa shape index (κ2) is 14.9. The molecule has 0 nitrogen and oxygen atoms in total. The summed E-state index contributed by atoms with van der Waals surface area (Å²) in [5.74, 6) is 0.495. The standard InChI is InChI=1S/C31H29.C12H19.2C6H4Cl.CH2.Zr/c1-18-11-20(3)30(21(4)12-18)24-7-9-28-26(15-24)17-27-16-25(8-10-29(27)28)31-22(5)13-19(2)14-23(31)6;1-9(2)10-6-7-11(8-10)12(3,4)5;2*7-6-4-2-1-3-5-6;;/h7-15H,17H2,1-6H3;7-10H,1-5H3;2*1-2,4-5H;1H2;. The third kappa shape index (κ3) is 6.70. The average Bonchev–Trinajstić information content (AvgIpc) is 3.77. The number of benzene rings is 6. The van der Waals surface area contributed by atoms with Crippen molar-refractivity contribution < 1.29 is 18.3 Å². The molecule has 6 aromatic rings.